The molecule has 3 aromatic rings. The number of nitrogens with zero attached hydrogens (tertiary/aromatic N) is 3. The van der Waals surface area contributed by atoms with E-state index in [0.29, 0.717) is 42.7 Å². The molecule has 0 aliphatic carbocycles. The number of nitrogens with two attached hydrogens (primary N) is 1. The first kappa shape index (κ1) is 22.6. The number of benzene rings is 2. The van der Waals surface area contributed by atoms with Crippen molar-refractivity contribution in [2.75, 3.05) is 18.4 Å². The van der Waals surface area contributed by atoms with E-state index in [0.717, 1.165) is 5.56 Å². The first-order valence-corrected chi connectivity index (χ1v) is 12.0. The predicted octanol–water partition coefficient (Wildman–Crippen LogP) is 4.11. The Balaban J connectivity index is 1.39. The Morgan fingerprint density at radius 3 is 2.34 bits per heavy atom. The highest BCUT2D eigenvalue weighted by molar-refractivity contribution is 7.89. The minimum atomic E-state index is -3.61. The molecule has 2 heterocycles. The van der Waals surface area contributed by atoms with Crippen LogP contribution in [0.4, 0.5) is 16.0 Å². The van der Waals surface area contributed by atoms with E-state index in [1.165, 1.54) is 22.6 Å². The summed E-state index contributed by atoms with van der Waals surface area (Å²) in [5.41, 5.74) is 7.87. The average molecular weight is 476 g/mol. The van der Waals surface area contributed by atoms with E-state index in [4.69, 9.17) is 17.3 Å². The molecule has 1 unspecified atom stereocenters. The molecule has 10 heteroatoms. The SMILES string of the molecule is NC(c1ccc(F)cc1)C1CCN(S(=O)(=O)c2ccc(Nc3nccc(Cl)n3)cc2)CC1. The maximum Gasteiger partial charge on any atom is 0.243 e. The highest BCUT2D eigenvalue weighted by Gasteiger charge is 2.32. The summed E-state index contributed by atoms with van der Waals surface area (Å²) in [6.07, 6.45) is 2.81. The zero-order valence-electron chi connectivity index (χ0n) is 17.2. The molecule has 2 aromatic carbocycles. The monoisotopic (exact) mass is 475 g/mol. The highest BCUT2D eigenvalue weighted by Crippen LogP contribution is 2.31. The summed E-state index contributed by atoms with van der Waals surface area (Å²) < 4.78 is 40.8. The van der Waals surface area contributed by atoms with Gasteiger partial charge in [0.25, 0.3) is 0 Å². The van der Waals surface area contributed by atoms with Gasteiger partial charge in [-0.25, -0.2) is 22.8 Å². The Hall–Kier alpha value is -2.59. The van der Waals surface area contributed by atoms with Crippen molar-refractivity contribution in [1.29, 1.82) is 0 Å². The number of halogens is 2. The van der Waals surface area contributed by atoms with Gasteiger partial charge < -0.3 is 11.1 Å². The van der Waals surface area contributed by atoms with Crippen LogP contribution in [0.25, 0.3) is 0 Å². The van der Waals surface area contributed by atoms with Crippen LogP contribution in [0.5, 0.6) is 0 Å². The lowest BCUT2D eigenvalue weighted by Gasteiger charge is -2.34. The van der Waals surface area contributed by atoms with Crippen molar-refractivity contribution in [3.05, 3.63) is 77.3 Å². The lowest BCUT2D eigenvalue weighted by atomic mass is 9.86. The number of sulfonamides is 1. The number of hydrogen-bond acceptors (Lipinski definition) is 6. The lowest BCUT2D eigenvalue weighted by Crippen LogP contribution is -2.40. The van der Waals surface area contributed by atoms with Crippen LogP contribution in [0.3, 0.4) is 0 Å². The van der Waals surface area contributed by atoms with E-state index in [1.54, 1.807) is 42.5 Å². The molecule has 32 heavy (non-hydrogen) atoms. The van der Waals surface area contributed by atoms with E-state index in [2.05, 4.69) is 15.3 Å². The molecule has 1 aliphatic heterocycles. The summed E-state index contributed by atoms with van der Waals surface area (Å²) in [6, 6.07) is 13.9. The van der Waals surface area contributed by atoms with E-state index < -0.39 is 10.0 Å². The van der Waals surface area contributed by atoms with Crippen molar-refractivity contribution in [2.45, 2.75) is 23.8 Å². The maximum atomic E-state index is 13.2. The van der Waals surface area contributed by atoms with Gasteiger partial charge in [-0.15, -0.1) is 0 Å². The Bertz CT molecular complexity index is 1170. The van der Waals surface area contributed by atoms with E-state index >= 15 is 0 Å². The van der Waals surface area contributed by atoms with Gasteiger partial charge in [-0.1, -0.05) is 23.7 Å². The summed E-state index contributed by atoms with van der Waals surface area (Å²) in [6.45, 7) is 0.774. The zero-order chi connectivity index (χ0) is 22.7. The van der Waals surface area contributed by atoms with Crippen molar-refractivity contribution >= 4 is 33.3 Å². The molecular weight excluding hydrogens is 453 g/mol. The fraction of sp³-hybridized carbons (Fsp3) is 0.273. The van der Waals surface area contributed by atoms with E-state index in [1.807, 2.05) is 0 Å². The van der Waals surface area contributed by atoms with Crippen LogP contribution in [-0.2, 0) is 10.0 Å². The van der Waals surface area contributed by atoms with Crippen molar-refractivity contribution < 1.29 is 12.8 Å². The molecule has 4 rings (SSSR count). The first-order chi connectivity index (χ1) is 15.3. The Kier molecular flexibility index (Phi) is 6.71. The molecule has 1 aromatic heterocycles. The summed E-state index contributed by atoms with van der Waals surface area (Å²) in [4.78, 5) is 8.33. The highest BCUT2D eigenvalue weighted by atomic mass is 35.5. The molecule has 0 spiro atoms. The third kappa shape index (κ3) is 5.07. The number of hydrogen-bond donors (Lipinski definition) is 2. The van der Waals surface area contributed by atoms with Gasteiger partial charge in [0.1, 0.15) is 11.0 Å². The number of nitrogens with one attached hydrogen (secondary N) is 1. The topological polar surface area (TPSA) is 101 Å². The van der Waals surface area contributed by atoms with Crippen LogP contribution in [0.1, 0.15) is 24.4 Å². The van der Waals surface area contributed by atoms with Crippen LogP contribution in [0, 0.1) is 11.7 Å². The van der Waals surface area contributed by atoms with Crippen molar-refractivity contribution in [3.63, 3.8) is 0 Å². The number of aromatic nitrogens is 2. The Morgan fingerprint density at radius 2 is 1.72 bits per heavy atom. The molecule has 1 atom stereocenters. The average Bonchev–Trinajstić information content (AvgIpc) is 2.80. The van der Waals surface area contributed by atoms with Gasteiger partial charge in [0.2, 0.25) is 16.0 Å². The molecule has 3 N–H and O–H groups in total. The van der Waals surface area contributed by atoms with E-state index in [-0.39, 0.29) is 22.7 Å². The number of rotatable bonds is 6. The van der Waals surface area contributed by atoms with Gasteiger partial charge in [0.15, 0.2) is 0 Å². The minimum absolute atomic E-state index is 0.135. The van der Waals surface area contributed by atoms with Crippen molar-refractivity contribution in [2.24, 2.45) is 11.7 Å². The number of anilines is 2. The second kappa shape index (κ2) is 9.50. The van der Waals surface area contributed by atoms with Crippen LogP contribution in [0.2, 0.25) is 5.15 Å². The third-order valence-electron chi connectivity index (χ3n) is 5.63. The molecule has 7 nitrogen and oxygen atoms in total. The molecule has 1 aliphatic rings. The van der Waals surface area contributed by atoms with Gasteiger partial charge in [-0.05, 0) is 66.8 Å². The molecule has 0 amide bonds. The minimum Gasteiger partial charge on any atom is -0.324 e. The van der Waals surface area contributed by atoms with Gasteiger partial charge in [-0.2, -0.15) is 4.31 Å². The quantitative estimate of drug-likeness (QED) is 0.520. The third-order valence-corrected chi connectivity index (χ3v) is 7.75. The molecule has 0 saturated carbocycles. The second-order valence-electron chi connectivity index (χ2n) is 7.67. The van der Waals surface area contributed by atoms with Gasteiger partial charge in [0.05, 0.1) is 4.90 Å². The largest absolute Gasteiger partial charge is 0.324 e. The molecule has 168 valence electrons. The molecule has 0 radical (unpaired) electrons. The predicted molar refractivity (Wildman–Crippen MR) is 122 cm³/mol. The Morgan fingerprint density at radius 1 is 1.06 bits per heavy atom. The van der Waals surface area contributed by atoms with Gasteiger partial charge >= 0.3 is 0 Å². The summed E-state index contributed by atoms with van der Waals surface area (Å²) in [5, 5.41) is 3.30. The standard InChI is InChI=1S/C22H23ClFN5O2S/c23-20-9-12-26-22(28-20)27-18-5-7-19(8-6-18)32(30,31)29-13-10-16(11-14-29)21(25)15-1-3-17(24)4-2-15/h1-9,12,16,21H,10-11,13-14,25H2,(H,26,27,28). The van der Waals surface area contributed by atoms with Crippen molar-refractivity contribution in [1.82, 2.24) is 14.3 Å². The summed E-state index contributed by atoms with van der Waals surface area (Å²) in [5.74, 6) is 0.159. The Labute approximate surface area is 191 Å². The molecule has 1 fully saturated rings. The second-order valence-corrected chi connectivity index (χ2v) is 10.00. The maximum absolute atomic E-state index is 13.2. The van der Waals surface area contributed by atoms with Crippen LogP contribution in [-0.4, -0.2) is 35.8 Å². The van der Waals surface area contributed by atoms with Crippen molar-refractivity contribution in [3.8, 4) is 0 Å². The lowest BCUT2D eigenvalue weighted by molar-refractivity contribution is 0.245. The van der Waals surface area contributed by atoms with Crippen LogP contribution in [0.15, 0.2) is 65.7 Å². The number of piperidine rings is 1. The fourth-order valence-corrected chi connectivity index (χ4v) is 5.42. The normalized spacial score (nSPS) is 16.6. The summed E-state index contributed by atoms with van der Waals surface area (Å²) >= 11 is 5.85. The first-order valence-electron chi connectivity index (χ1n) is 10.2. The fourth-order valence-electron chi connectivity index (χ4n) is 3.82. The van der Waals surface area contributed by atoms with Crippen LogP contribution < -0.4 is 11.1 Å². The van der Waals surface area contributed by atoms with Crippen LogP contribution >= 0.6 is 11.6 Å². The molecule has 0 bridgehead atoms. The summed E-state index contributed by atoms with van der Waals surface area (Å²) in [7, 11) is -3.61. The van der Waals surface area contributed by atoms with E-state index in [9.17, 15) is 12.8 Å². The molecular formula is C22H23ClFN5O2S. The molecule has 1 saturated heterocycles. The zero-order valence-corrected chi connectivity index (χ0v) is 18.7. The smallest absolute Gasteiger partial charge is 0.243 e. The van der Waals surface area contributed by atoms with Gasteiger partial charge in [0, 0.05) is 31.0 Å². The van der Waals surface area contributed by atoms with Gasteiger partial charge in [-0.3, -0.25) is 0 Å².